The van der Waals surface area contributed by atoms with Gasteiger partial charge in [0.25, 0.3) is 0 Å². The van der Waals surface area contributed by atoms with Crippen LogP contribution in [0.15, 0.2) is 12.2 Å². The fourth-order valence-corrected chi connectivity index (χ4v) is 2.06. The standard InChI is InChI=1S/C15H23BN2O2/c1-10-11(2)13(17)18-9-12(10)7-8-16-19-14(3,4)15(5,6)20-16/h7-9H,1-6H3,(H2,17,18)/b8-7+. The summed E-state index contributed by atoms with van der Waals surface area (Å²) in [5, 5.41) is 0. The van der Waals surface area contributed by atoms with Crippen molar-refractivity contribution in [2.75, 3.05) is 5.73 Å². The van der Waals surface area contributed by atoms with E-state index in [1.165, 1.54) is 0 Å². The maximum Gasteiger partial charge on any atom is 0.487 e. The van der Waals surface area contributed by atoms with Crippen molar-refractivity contribution in [1.82, 2.24) is 4.98 Å². The molecule has 4 nitrogen and oxygen atoms in total. The van der Waals surface area contributed by atoms with E-state index in [1.807, 2.05) is 53.6 Å². The molecule has 1 aromatic heterocycles. The molecule has 1 aliphatic heterocycles. The van der Waals surface area contributed by atoms with Gasteiger partial charge in [-0.3, -0.25) is 0 Å². The van der Waals surface area contributed by atoms with E-state index in [-0.39, 0.29) is 18.3 Å². The van der Waals surface area contributed by atoms with Crippen LogP contribution in [0.5, 0.6) is 0 Å². The molecule has 0 bridgehead atoms. The molecule has 2 rings (SSSR count). The molecule has 1 saturated heterocycles. The number of hydrogen-bond donors (Lipinski definition) is 1. The third-order valence-electron chi connectivity index (χ3n) is 4.43. The zero-order valence-corrected chi connectivity index (χ0v) is 13.2. The molecule has 108 valence electrons. The fraction of sp³-hybridized carbons (Fsp3) is 0.533. The third kappa shape index (κ3) is 2.60. The summed E-state index contributed by atoms with van der Waals surface area (Å²) in [6.45, 7) is 12.2. The van der Waals surface area contributed by atoms with Crippen LogP contribution in [-0.4, -0.2) is 23.3 Å². The van der Waals surface area contributed by atoms with E-state index < -0.39 is 0 Å². The minimum atomic E-state index is -0.336. The van der Waals surface area contributed by atoms with Gasteiger partial charge in [0.05, 0.1) is 11.2 Å². The van der Waals surface area contributed by atoms with Gasteiger partial charge in [-0.15, -0.1) is 0 Å². The molecule has 1 aromatic rings. The molecule has 0 aliphatic carbocycles. The number of hydrogen-bond acceptors (Lipinski definition) is 4. The topological polar surface area (TPSA) is 57.4 Å². The van der Waals surface area contributed by atoms with Gasteiger partial charge in [-0.25, -0.2) is 4.98 Å². The normalized spacial score (nSPS) is 20.8. The predicted molar refractivity (Wildman–Crippen MR) is 83.2 cm³/mol. The first kappa shape index (κ1) is 15.1. The molecule has 2 heterocycles. The van der Waals surface area contributed by atoms with Gasteiger partial charge in [-0.05, 0) is 58.2 Å². The Hall–Kier alpha value is -1.33. The maximum atomic E-state index is 5.93. The third-order valence-corrected chi connectivity index (χ3v) is 4.43. The molecule has 0 amide bonds. The van der Waals surface area contributed by atoms with Crippen LogP contribution in [0.2, 0.25) is 0 Å². The Morgan fingerprint density at radius 3 is 2.20 bits per heavy atom. The van der Waals surface area contributed by atoms with Gasteiger partial charge in [0.15, 0.2) is 0 Å². The van der Waals surface area contributed by atoms with E-state index >= 15 is 0 Å². The summed E-state index contributed by atoms with van der Waals surface area (Å²) in [4.78, 5) is 4.19. The Bertz CT molecular complexity index is 537. The highest BCUT2D eigenvalue weighted by atomic mass is 16.7. The molecule has 0 unspecified atom stereocenters. The number of pyridine rings is 1. The van der Waals surface area contributed by atoms with Crippen LogP contribution in [0.25, 0.3) is 6.08 Å². The Morgan fingerprint density at radius 2 is 1.65 bits per heavy atom. The first-order chi connectivity index (χ1) is 9.14. The largest absolute Gasteiger partial charge is 0.487 e. The predicted octanol–water partition coefficient (Wildman–Crippen LogP) is 2.93. The average molecular weight is 274 g/mol. The number of nitrogens with two attached hydrogens (primary N) is 1. The Kier molecular flexibility index (Phi) is 3.69. The van der Waals surface area contributed by atoms with E-state index in [0.29, 0.717) is 5.82 Å². The summed E-state index contributed by atoms with van der Waals surface area (Å²) >= 11 is 0. The lowest BCUT2D eigenvalue weighted by molar-refractivity contribution is 0.00578. The first-order valence-electron chi connectivity index (χ1n) is 6.89. The lowest BCUT2D eigenvalue weighted by Crippen LogP contribution is -2.41. The first-order valence-corrected chi connectivity index (χ1v) is 6.89. The minimum absolute atomic E-state index is 0.313. The molecule has 0 saturated carbocycles. The SMILES string of the molecule is Cc1c(/C=C/B2OC(C)(C)C(C)(C)O2)cnc(N)c1C. The number of nitrogens with zero attached hydrogens (tertiary/aromatic N) is 1. The van der Waals surface area contributed by atoms with Gasteiger partial charge in [-0.2, -0.15) is 0 Å². The second-order valence-electron chi connectivity index (χ2n) is 6.33. The van der Waals surface area contributed by atoms with Crippen LogP contribution in [0.1, 0.15) is 44.4 Å². The summed E-state index contributed by atoms with van der Waals surface area (Å²) < 4.78 is 11.9. The van der Waals surface area contributed by atoms with Crippen molar-refractivity contribution in [2.45, 2.75) is 52.7 Å². The van der Waals surface area contributed by atoms with Crippen molar-refractivity contribution in [3.8, 4) is 0 Å². The fourth-order valence-electron chi connectivity index (χ4n) is 2.06. The highest BCUT2D eigenvalue weighted by Crippen LogP contribution is 2.37. The zero-order valence-electron chi connectivity index (χ0n) is 13.2. The summed E-state index contributed by atoms with van der Waals surface area (Å²) in [5.74, 6) is 2.51. The van der Waals surface area contributed by atoms with Gasteiger partial charge >= 0.3 is 7.12 Å². The lowest BCUT2D eigenvalue weighted by atomic mass is 9.88. The van der Waals surface area contributed by atoms with Gasteiger partial charge in [0, 0.05) is 6.20 Å². The molecule has 1 fully saturated rings. The summed E-state index contributed by atoms with van der Waals surface area (Å²) in [6.07, 6.45) is 3.76. The molecular weight excluding hydrogens is 251 g/mol. The highest BCUT2D eigenvalue weighted by Gasteiger charge is 2.49. The molecular formula is C15H23BN2O2. The van der Waals surface area contributed by atoms with E-state index in [1.54, 1.807) is 6.20 Å². The van der Waals surface area contributed by atoms with Gasteiger partial charge in [-0.1, -0.05) is 12.1 Å². The van der Waals surface area contributed by atoms with Crippen molar-refractivity contribution in [2.24, 2.45) is 0 Å². The molecule has 1 aliphatic rings. The zero-order chi connectivity index (χ0) is 15.1. The summed E-state index contributed by atoms with van der Waals surface area (Å²) in [6, 6.07) is 0. The number of rotatable bonds is 2. The van der Waals surface area contributed by atoms with Crippen LogP contribution in [0.4, 0.5) is 5.82 Å². The van der Waals surface area contributed by atoms with Gasteiger partial charge in [0.1, 0.15) is 5.82 Å². The summed E-state index contributed by atoms with van der Waals surface area (Å²) in [7, 11) is -0.336. The van der Waals surface area contributed by atoms with E-state index in [0.717, 1.165) is 16.7 Å². The van der Waals surface area contributed by atoms with Crippen LogP contribution in [0, 0.1) is 13.8 Å². The monoisotopic (exact) mass is 274 g/mol. The Balaban J connectivity index is 2.18. The van der Waals surface area contributed by atoms with Crippen molar-refractivity contribution < 1.29 is 9.31 Å². The molecule has 5 heteroatoms. The Labute approximate surface area is 121 Å². The molecule has 0 atom stereocenters. The molecule has 0 aromatic carbocycles. The molecule has 0 radical (unpaired) electrons. The second-order valence-corrected chi connectivity index (χ2v) is 6.33. The minimum Gasteiger partial charge on any atom is -0.400 e. The number of aromatic nitrogens is 1. The van der Waals surface area contributed by atoms with Crippen molar-refractivity contribution in [3.05, 3.63) is 28.9 Å². The average Bonchev–Trinajstić information content (AvgIpc) is 2.54. The van der Waals surface area contributed by atoms with E-state index in [4.69, 9.17) is 15.0 Å². The number of nitrogen functional groups attached to an aromatic ring is 1. The van der Waals surface area contributed by atoms with E-state index in [9.17, 15) is 0 Å². The van der Waals surface area contributed by atoms with Crippen molar-refractivity contribution in [3.63, 3.8) is 0 Å². The van der Waals surface area contributed by atoms with Crippen molar-refractivity contribution in [1.29, 1.82) is 0 Å². The van der Waals surface area contributed by atoms with Gasteiger partial charge in [0.2, 0.25) is 0 Å². The summed E-state index contributed by atoms with van der Waals surface area (Å²) in [5.41, 5.74) is 8.35. The van der Waals surface area contributed by atoms with Crippen LogP contribution in [0.3, 0.4) is 0 Å². The van der Waals surface area contributed by atoms with Crippen LogP contribution in [-0.2, 0) is 9.31 Å². The van der Waals surface area contributed by atoms with E-state index in [2.05, 4.69) is 4.98 Å². The Morgan fingerprint density at radius 1 is 1.10 bits per heavy atom. The van der Waals surface area contributed by atoms with Crippen LogP contribution < -0.4 is 5.73 Å². The smallest absolute Gasteiger partial charge is 0.400 e. The number of anilines is 1. The van der Waals surface area contributed by atoms with Crippen molar-refractivity contribution >= 4 is 19.0 Å². The molecule has 20 heavy (non-hydrogen) atoms. The lowest BCUT2D eigenvalue weighted by Gasteiger charge is -2.32. The molecule has 2 N–H and O–H groups in total. The quantitative estimate of drug-likeness (QED) is 0.842. The highest BCUT2D eigenvalue weighted by molar-refractivity contribution is 6.52. The maximum absolute atomic E-state index is 5.93. The van der Waals surface area contributed by atoms with Crippen LogP contribution >= 0.6 is 0 Å². The second kappa shape index (κ2) is 4.90. The molecule has 0 spiro atoms. The van der Waals surface area contributed by atoms with Gasteiger partial charge < -0.3 is 15.0 Å².